The van der Waals surface area contributed by atoms with Crippen LogP contribution in [0.25, 0.3) is 16.8 Å². The fourth-order valence-electron chi connectivity index (χ4n) is 2.64. The second-order valence-corrected chi connectivity index (χ2v) is 4.96. The van der Waals surface area contributed by atoms with Gasteiger partial charge in [0, 0.05) is 12.4 Å². The molecule has 1 aliphatic heterocycles. The van der Waals surface area contributed by atoms with Gasteiger partial charge in [-0.05, 0) is 0 Å². The molecular formula is C12H13N5O4. The summed E-state index contributed by atoms with van der Waals surface area (Å²) < 4.78 is 8.76. The molecule has 4 atom stereocenters. The fourth-order valence-corrected chi connectivity index (χ4v) is 2.64. The van der Waals surface area contributed by atoms with Gasteiger partial charge in [0.2, 0.25) is 0 Å². The van der Waals surface area contributed by atoms with Crippen LogP contribution in [0.5, 0.6) is 0 Å². The molecule has 1 aliphatic rings. The molecule has 4 rings (SSSR count). The molecular weight excluding hydrogens is 278 g/mol. The SMILES string of the molecule is OCC1OC(n2cnc3c2ncn2ccnc32)C(O)C1O. The van der Waals surface area contributed by atoms with Gasteiger partial charge in [0.1, 0.15) is 24.6 Å². The number of ether oxygens (including phenoxy) is 1. The highest BCUT2D eigenvalue weighted by molar-refractivity contribution is 5.85. The van der Waals surface area contributed by atoms with Crippen molar-refractivity contribution in [3.63, 3.8) is 0 Å². The van der Waals surface area contributed by atoms with Crippen molar-refractivity contribution in [2.75, 3.05) is 6.61 Å². The Bertz CT molecular complexity index is 799. The Kier molecular flexibility index (Phi) is 2.69. The number of aromatic nitrogens is 5. The number of hydrogen-bond donors (Lipinski definition) is 3. The quantitative estimate of drug-likeness (QED) is 0.536. The maximum Gasteiger partial charge on any atom is 0.167 e. The van der Waals surface area contributed by atoms with Crippen LogP contribution in [0.4, 0.5) is 0 Å². The van der Waals surface area contributed by atoms with E-state index in [4.69, 9.17) is 9.84 Å². The maximum atomic E-state index is 10.1. The summed E-state index contributed by atoms with van der Waals surface area (Å²) in [7, 11) is 0. The standard InChI is InChI=1S/C12H13N5O4/c18-3-6-8(19)9(20)12(21-6)17-5-14-7-10-13-1-2-16(10)4-15-11(7)17/h1-2,4-6,8-9,12,18-20H,3H2. The van der Waals surface area contributed by atoms with E-state index in [0.29, 0.717) is 16.8 Å². The number of imidazole rings is 2. The fraction of sp³-hybridized carbons (Fsp3) is 0.417. The molecule has 3 N–H and O–H groups in total. The van der Waals surface area contributed by atoms with Crippen LogP contribution in [0.2, 0.25) is 0 Å². The normalized spacial score (nSPS) is 29.7. The first-order chi connectivity index (χ1) is 10.2. The zero-order chi connectivity index (χ0) is 14.6. The molecule has 1 saturated heterocycles. The van der Waals surface area contributed by atoms with Gasteiger partial charge < -0.3 is 20.1 Å². The number of hydrogen-bond acceptors (Lipinski definition) is 7. The van der Waals surface area contributed by atoms with Crippen molar-refractivity contribution in [1.29, 1.82) is 0 Å². The third-order valence-corrected chi connectivity index (χ3v) is 3.74. The highest BCUT2D eigenvalue weighted by atomic mass is 16.6. The summed E-state index contributed by atoms with van der Waals surface area (Å²) in [6, 6.07) is 0. The molecule has 4 unspecified atom stereocenters. The molecule has 0 saturated carbocycles. The van der Waals surface area contributed by atoms with E-state index < -0.39 is 24.5 Å². The first kappa shape index (κ1) is 12.7. The van der Waals surface area contributed by atoms with Crippen molar-refractivity contribution in [1.82, 2.24) is 23.9 Å². The van der Waals surface area contributed by atoms with E-state index in [9.17, 15) is 10.2 Å². The zero-order valence-corrected chi connectivity index (χ0v) is 10.8. The van der Waals surface area contributed by atoms with Gasteiger partial charge in [-0.15, -0.1) is 0 Å². The van der Waals surface area contributed by atoms with Gasteiger partial charge in [0.05, 0.1) is 12.9 Å². The Morgan fingerprint density at radius 3 is 2.71 bits per heavy atom. The predicted molar refractivity (Wildman–Crippen MR) is 69.3 cm³/mol. The topological polar surface area (TPSA) is 118 Å². The molecule has 0 radical (unpaired) electrons. The van der Waals surface area contributed by atoms with E-state index in [1.54, 1.807) is 23.1 Å². The lowest BCUT2D eigenvalue weighted by Crippen LogP contribution is -2.33. The van der Waals surface area contributed by atoms with Crippen molar-refractivity contribution in [2.45, 2.75) is 24.5 Å². The van der Waals surface area contributed by atoms with E-state index in [-0.39, 0.29) is 6.61 Å². The molecule has 3 aromatic heterocycles. The van der Waals surface area contributed by atoms with Crippen molar-refractivity contribution in [2.24, 2.45) is 0 Å². The molecule has 21 heavy (non-hydrogen) atoms. The minimum absolute atomic E-state index is 0.376. The lowest BCUT2D eigenvalue weighted by Gasteiger charge is -2.16. The van der Waals surface area contributed by atoms with E-state index >= 15 is 0 Å². The molecule has 9 nitrogen and oxygen atoms in total. The molecule has 4 heterocycles. The molecule has 0 amide bonds. The number of fused-ring (bicyclic) bond motifs is 3. The van der Waals surface area contributed by atoms with Crippen LogP contribution in [0.15, 0.2) is 25.0 Å². The van der Waals surface area contributed by atoms with Crippen LogP contribution >= 0.6 is 0 Å². The van der Waals surface area contributed by atoms with Crippen molar-refractivity contribution in [3.8, 4) is 0 Å². The number of nitrogens with zero attached hydrogens (tertiary/aromatic N) is 5. The van der Waals surface area contributed by atoms with Gasteiger partial charge >= 0.3 is 0 Å². The highest BCUT2D eigenvalue weighted by Gasteiger charge is 2.43. The summed E-state index contributed by atoms with van der Waals surface area (Å²) in [6.45, 7) is -0.376. The predicted octanol–water partition coefficient (Wildman–Crippen LogP) is -1.31. The second kappa shape index (κ2) is 4.46. The van der Waals surface area contributed by atoms with Crippen LogP contribution in [0.3, 0.4) is 0 Å². The van der Waals surface area contributed by atoms with Crippen molar-refractivity contribution < 1.29 is 20.1 Å². The lowest BCUT2D eigenvalue weighted by molar-refractivity contribution is -0.0511. The zero-order valence-electron chi connectivity index (χ0n) is 10.8. The van der Waals surface area contributed by atoms with Crippen molar-refractivity contribution >= 4 is 16.8 Å². The minimum atomic E-state index is -1.17. The summed E-state index contributed by atoms with van der Waals surface area (Å²) in [4.78, 5) is 12.7. The number of aliphatic hydroxyl groups excluding tert-OH is 3. The number of rotatable bonds is 2. The Morgan fingerprint density at radius 2 is 1.95 bits per heavy atom. The van der Waals surface area contributed by atoms with E-state index in [2.05, 4.69) is 15.0 Å². The third-order valence-electron chi connectivity index (χ3n) is 3.74. The van der Waals surface area contributed by atoms with Crippen LogP contribution in [-0.4, -0.2) is 64.2 Å². The molecule has 0 spiro atoms. The summed E-state index contributed by atoms with van der Waals surface area (Å²) in [5, 5.41) is 29.1. The Labute approximate surface area is 118 Å². The van der Waals surface area contributed by atoms with E-state index in [0.717, 1.165) is 0 Å². The maximum absolute atomic E-state index is 10.1. The smallest absolute Gasteiger partial charge is 0.167 e. The first-order valence-electron chi connectivity index (χ1n) is 6.47. The number of aliphatic hydroxyl groups is 3. The van der Waals surface area contributed by atoms with Crippen LogP contribution < -0.4 is 0 Å². The molecule has 3 aromatic rings. The van der Waals surface area contributed by atoms with Crippen molar-refractivity contribution in [3.05, 3.63) is 25.0 Å². The molecule has 1 fully saturated rings. The largest absolute Gasteiger partial charge is 0.394 e. The summed E-state index contributed by atoms with van der Waals surface area (Å²) in [6.07, 6.45) is 2.45. The first-order valence-corrected chi connectivity index (χ1v) is 6.47. The molecule has 0 aromatic carbocycles. The molecule has 9 heteroatoms. The highest BCUT2D eigenvalue weighted by Crippen LogP contribution is 2.31. The summed E-state index contributed by atoms with van der Waals surface area (Å²) >= 11 is 0. The summed E-state index contributed by atoms with van der Waals surface area (Å²) in [5.41, 5.74) is 1.70. The third kappa shape index (κ3) is 1.69. The Hall–Kier alpha value is -2.07. The van der Waals surface area contributed by atoms with Crippen LogP contribution in [0, 0.1) is 0 Å². The second-order valence-electron chi connectivity index (χ2n) is 4.96. The summed E-state index contributed by atoms with van der Waals surface area (Å²) in [5.74, 6) is 0. The molecule has 0 aliphatic carbocycles. The molecule has 0 bridgehead atoms. The monoisotopic (exact) mass is 291 g/mol. The minimum Gasteiger partial charge on any atom is -0.394 e. The van der Waals surface area contributed by atoms with E-state index in [1.807, 2.05) is 0 Å². The van der Waals surface area contributed by atoms with Crippen LogP contribution in [-0.2, 0) is 4.74 Å². The average molecular weight is 291 g/mol. The van der Waals surface area contributed by atoms with Crippen LogP contribution in [0.1, 0.15) is 6.23 Å². The Balaban J connectivity index is 1.84. The lowest BCUT2D eigenvalue weighted by atomic mass is 10.1. The van der Waals surface area contributed by atoms with Gasteiger partial charge in [-0.1, -0.05) is 0 Å². The van der Waals surface area contributed by atoms with Gasteiger partial charge in [-0.25, -0.2) is 15.0 Å². The van der Waals surface area contributed by atoms with E-state index in [1.165, 1.54) is 10.9 Å². The average Bonchev–Trinajstić information content (AvgIpc) is 3.17. The van der Waals surface area contributed by atoms with Gasteiger partial charge in [-0.2, -0.15) is 0 Å². The molecule has 110 valence electrons. The van der Waals surface area contributed by atoms with Gasteiger partial charge in [0.15, 0.2) is 23.0 Å². The Morgan fingerprint density at radius 1 is 1.10 bits per heavy atom. The van der Waals surface area contributed by atoms with Gasteiger partial charge in [-0.3, -0.25) is 8.97 Å². The van der Waals surface area contributed by atoms with Gasteiger partial charge in [0.25, 0.3) is 0 Å².